The minimum Gasteiger partial charge on any atom is -0.480 e. The van der Waals surface area contributed by atoms with Crippen molar-refractivity contribution in [1.82, 2.24) is 15.1 Å². The van der Waals surface area contributed by atoms with E-state index < -0.39 is 12.0 Å². The quantitative estimate of drug-likeness (QED) is 0.769. The zero-order valence-corrected chi connectivity index (χ0v) is 10.1. The normalized spacial score (nSPS) is 12.1. The Bertz CT molecular complexity index is 377. The summed E-state index contributed by atoms with van der Waals surface area (Å²) >= 11 is 2.07. The number of nitrogens with one attached hydrogen (secondary N) is 1. The first-order chi connectivity index (χ1) is 6.99. The van der Waals surface area contributed by atoms with Gasteiger partial charge in [-0.2, -0.15) is 5.10 Å². The number of aliphatic carboxylic acids is 1. The molecule has 15 heavy (non-hydrogen) atoms. The van der Waals surface area contributed by atoms with E-state index in [9.17, 15) is 9.59 Å². The highest BCUT2D eigenvalue weighted by Crippen LogP contribution is 2.02. The largest absolute Gasteiger partial charge is 0.480 e. The number of carbonyl (C=O) groups excluding carboxylic acids is 1. The smallest absolute Gasteiger partial charge is 0.328 e. The Morgan fingerprint density at radius 2 is 2.40 bits per heavy atom. The average molecular weight is 323 g/mol. The third kappa shape index (κ3) is 3.86. The zero-order chi connectivity index (χ0) is 11.4. The van der Waals surface area contributed by atoms with Gasteiger partial charge in [0.05, 0.1) is 16.3 Å². The second-order valence-corrected chi connectivity index (χ2v) is 4.22. The monoisotopic (exact) mass is 323 g/mol. The Kier molecular flexibility index (Phi) is 4.06. The maximum atomic E-state index is 10.8. The Hall–Kier alpha value is -1.12. The van der Waals surface area contributed by atoms with Gasteiger partial charge in [-0.1, -0.05) is 0 Å². The molecule has 0 saturated carbocycles. The van der Waals surface area contributed by atoms with Crippen LogP contribution in [0.1, 0.15) is 6.92 Å². The van der Waals surface area contributed by atoms with Crippen molar-refractivity contribution in [2.45, 2.75) is 19.5 Å². The number of hydrogen-bond donors (Lipinski definition) is 2. The van der Waals surface area contributed by atoms with Gasteiger partial charge in [-0.3, -0.25) is 9.48 Å². The van der Waals surface area contributed by atoms with Crippen LogP contribution >= 0.6 is 22.6 Å². The molecule has 1 aromatic heterocycles. The van der Waals surface area contributed by atoms with E-state index in [1.165, 1.54) is 11.6 Å². The van der Waals surface area contributed by atoms with Crippen molar-refractivity contribution >= 4 is 34.5 Å². The number of halogens is 1. The van der Waals surface area contributed by atoms with E-state index in [1.54, 1.807) is 12.4 Å². The third-order valence-electron chi connectivity index (χ3n) is 1.65. The lowest BCUT2D eigenvalue weighted by Gasteiger charge is -2.12. The predicted octanol–water partition coefficient (Wildman–Crippen LogP) is 0.0770. The van der Waals surface area contributed by atoms with Crippen LogP contribution in [0, 0.1) is 3.57 Å². The molecule has 0 aliphatic heterocycles. The Balaban J connectivity index is 2.66. The molecule has 1 unspecified atom stereocenters. The third-order valence-corrected chi connectivity index (χ3v) is 2.20. The highest BCUT2D eigenvalue weighted by atomic mass is 127. The molecule has 1 heterocycles. The minimum absolute atomic E-state index is 0.123. The molecule has 7 heteroatoms. The Labute approximate surface area is 99.8 Å². The van der Waals surface area contributed by atoms with Crippen molar-refractivity contribution in [3.8, 4) is 0 Å². The van der Waals surface area contributed by atoms with Crippen molar-refractivity contribution in [1.29, 1.82) is 0 Å². The summed E-state index contributed by atoms with van der Waals surface area (Å²) in [4.78, 5) is 21.5. The standard InChI is InChI=1S/C8H10IN3O3/c1-5(13)11-7(8(14)15)4-12-3-6(9)2-10-12/h2-3,7H,4H2,1H3,(H,11,13)(H,14,15). The fourth-order valence-electron chi connectivity index (χ4n) is 1.06. The molecule has 1 atom stereocenters. The number of aromatic nitrogens is 2. The number of carboxylic acid groups (broad SMARTS) is 1. The second kappa shape index (κ2) is 5.10. The van der Waals surface area contributed by atoms with Crippen LogP contribution in [0.25, 0.3) is 0 Å². The van der Waals surface area contributed by atoms with Gasteiger partial charge in [-0.15, -0.1) is 0 Å². The van der Waals surface area contributed by atoms with E-state index in [0.29, 0.717) is 0 Å². The van der Waals surface area contributed by atoms with Crippen molar-refractivity contribution < 1.29 is 14.7 Å². The molecule has 1 aromatic rings. The number of carboxylic acids is 1. The van der Waals surface area contributed by atoms with Gasteiger partial charge in [0.25, 0.3) is 0 Å². The summed E-state index contributed by atoms with van der Waals surface area (Å²) in [6, 6.07) is -0.946. The summed E-state index contributed by atoms with van der Waals surface area (Å²) in [7, 11) is 0. The highest BCUT2D eigenvalue weighted by Gasteiger charge is 2.19. The van der Waals surface area contributed by atoms with Crippen LogP contribution in [-0.4, -0.2) is 32.8 Å². The average Bonchev–Trinajstić information content (AvgIpc) is 2.49. The Morgan fingerprint density at radius 3 is 2.80 bits per heavy atom. The van der Waals surface area contributed by atoms with Gasteiger partial charge < -0.3 is 10.4 Å². The molecular weight excluding hydrogens is 313 g/mol. The minimum atomic E-state index is -1.07. The number of nitrogens with zero attached hydrogens (tertiary/aromatic N) is 2. The SMILES string of the molecule is CC(=O)NC(Cn1cc(I)cn1)C(=O)O. The summed E-state index contributed by atoms with van der Waals surface area (Å²) in [5.41, 5.74) is 0. The molecule has 0 aliphatic rings. The molecule has 0 bridgehead atoms. The van der Waals surface area contributed by atoms with E-state index in [0.717, 1.165) is 3.57 Å². The van der Waals surface area contributed by atoms with E-state index in [4.69, 9.17) is 5.11 Å². The molecule has 1 rings (SSSR count). The lowest BCUT2D eigenvalue weighted by Crippen LogP contribution is -2.42. The van der Waals surface area contributed by atoms with E-state index in [-0.39, 0.29) is 12.5 Å². The summed E-state index contributed by atoms with van der Waals surface area (Å²) in [6.45, 7) is 1.40. The number of rotatable bonds is 4. The molecule has 82 valence electrons. The van der Waals surface area contributed by atoms with E-state index >= 15 is 0 Å². The first kappa shape index (κ1) is 12.0. The van der Waals surface area contributed by atoms with Crippen LogP contribution in [-0.2, 0) is 16.1 Å². The van der Waals surface area contributed by atoms with E-state index in [2.05, 4.69) is 33.0 Å². The van der Waals surface area contributed by atoms with Crippen LogP contribution < -0.4 is 5.32 Å². The van der Waals surface area contributed by atoms with Gasteiger partial charge in [-0.05, 0) is 22.6 Å². The molecule has 0 fully saturated rings. The first-order valence-electron chi connectivity index (χ1n) is 4.17. The van der Waals surface area contributed by atoms with Gasteiger partial charge in [-0.25, -0.2) is 4.79 Å². The van der Waals surface area contributed by atoms with Gasteiger partial charge in [0.2, 0.25) is 5.91 Å². The summed E-state index contributed by atoms with van der Waals surface area (Å²) in [5, 5.41) is 15.1. The van der Waals surface area contributed by atoms with Crippen LogP contribution in [0.5, 0.6) is 0 Å². The van der Waals surface area contributed by atoms with Crippen LogP contribution in [0.2, 0.25) is 0 Å². The number of carbonyl (C=O) groups is 2. The van der Waals surface area contributed by atoms with Gasteiger partial charge in [0.15, 0.2) is 0 Å². The topological polar surface area (TPSA) is 84.2 Å². The van der Waals surface area contributed by atoms with Crippen LogP contribution in [0.15, 0.2) is 12.4 Å². The Morgan fingerprint density at radius 1 is 1.73 bits per heavy atom. The first-order valence-corrected chi connectivity index (χ1v) is 5.25. The second-order valence-electron chi connectivity index (χ2n) is 2.97. The summed E-state index contributed by atoms with van der Waals surface area (Å²) in [6.07, 6.45) is 3.32. The molecular formula is C8H10IN3O3. The number of hydrogen-bond acceptors (Lipinski definition) is 3. The van der Waals surface area contributed by atoms with E-state index in [1.807, 2.05) is 0 Å². The van der Waals surface area contributed by atoms with Gasteiger partial charge >= 0.3 is 5.97 Å². The van der Waals surface area contributed by atoms with Crippen LogP contribution in [0.4, 0.5) is 0 Å². The zero-order valence-electron chi connectivity index (χ0n) is 7.98. The molecule has 1 amide bonds. The van der Waals surface area contributed by atoms with Gasteiger partial charge in [0.1, 0.15) is 6.04 Å². The van der Waals surface area contributed by atoms with Crippen LogP contribution in [0.3, 0.4) is 0 Å². The van der Waals surface area contributed by atoms with Crippen molar-refractivity contribution in [2.75, 3.05) is 0 Å². The molecule has 0 aromatic carbocycles. The molecule has 0 saturated heterocycles. The lowest BCUT2D eigenvalue weighted by molar-refractivity contribution is -0.142. The predicted molar refractivity (Wildman–Crippen MR) is 60.2 cm³/mol. The summed E-state index contributed by atoms with van der Waals surface area (Å²) < 4.78 is 2.40. The maximum Gasteiger partial charge on any atom is 0.328 e. The van der Waals surface area contributed by atoms with Gasteiger partial charge in [0, 0.05) is 13.1 Å². The van der Waals surface area contributed by atoms with Crippen molar-refractivity contribution in [3.05, 3.63) is 16.0 Å². The summed E-state index contributed by atoms with van der Waals surface area (Å²) in [5.74, 6) is -1.44. The van der Waals surface area contributed by atoms with Crippen molar-refractivity contribution in [2.24, 2.45) is 0 Å². The van der Waals surface area contributed by atoms with Crippen molar-refractivity contribution in [3.63, 3.8) is 0 Å². The lowest BCUT2D eigenvalue weighted by atomic mass is 10.3. The molecule has 0 spiro atoms. The maximum absolute atomic E-state index is 10.8. The highest BCUT2D eigenvalue weighted by molar-refractivity contribution is 14.1. The molecule has 0 radical (unpaired) electrons. The molecule has 6 nitrogen and oxygen atoms in total. The molecule has 0 aliphatic carbocycles. The molecule has 2 N–H and O–H groups in total. The fraction of sp³-hybridized carbons (Fsp3) is 0.375. The number of amides is 1. The fourth-order valence-corrected chi connectivity index (χ4v) is 1.50.